The Kier molecular flexibility index (Phi) is 7.94. The number of likely N-dealkylation sites (tertiary alicyclic amines) is 3. The molecule has 2 unspecified atom stereocenters. The molecule has 6 rings (SSSR count). The molecule has 2 atom stereocenters. The second-order valence-electron chi connectivity index (χ2n) is 11.6. The van der Waals surface area contributed by atoms with Crippen LogP contribution in [0.2, 0.25) is 0 Å². The zero-order valence-electron chi connectivity index (χ0n) is 22.8. The predicted octanol–water partition coefficient (Wildman–Crippen LogP) is 6.35. The zero-order chi connectivity index (χ0) is 27.5. The summed E-state index contributed by atoms with van der Waals surface area (Å²) >= 11 is 3.50. The molecule has 3 amide bonds. The minimum absolute atomic E-state index is 0.0299. The number of hydrogen-bond donors (Lipinski definition) is 1. The van der Waals surface area contributed by atoms with E-state index in [0.717, 1.165) is 62.0 Å². The molecule has 3 aromatic rings. The second-order valence-corrected chi connectivity index (χ2v) is 12.5. The Morgan fingerprint density at radius 1 is 0.875 bits per heavy atom. The van der Waals surface area contributed by atoms with Crippen molar-refractivity contribution >= 4 is 33.6 Å². The molecule has 1 N–H and O–H groups in total. The summed E-state index contributed by atoms with van der Waals surface area (Å²) in [6.07, 6.45) is 3.69. The van der Waals surface area contributed by atoms with Crippen LogP contribution in [0, 0.1) is 5.41 Å². The Balaban J connectivity index is 1.09. The average molecular weight is 602 g/mol. The van der Waals surface area contributed by atoms with Crippen molar-refractivity contribution in [1.82, 2.24) is 14.7 Å². The van der Waals surface area contributed by atoms with Gasteiger partial charge in [0.2, 0.25) is 5.91 Å². The predicted molar refractivity (Wildman–Crippen MR) is 162 cm³/mol. The summed E-state index contributed by atoms with van der Waals surface area (Å²) in [5.74, 6) is 0.649. The molecule has 0 aliphatic carbocycles. The molecule has 0 saturated carbocycles. The van der Waals surface area contributed by atoms with E-state index in [-0.39, 0.29) is 17.5 Å². The van der Waals surface area contributed by atoms with Crippen molar-refractivity contribution in [1.29, 1.82) is 0 Å². The monoisotopic (exact) mass is 600 g/mol. The fourth-order valence-corrected chi connectivity index (χ4v) is 7.07. The maximum absolute atomic E-state index is 13.6. The number of anilines is 1. The number of amides is 3. The van der Waals surface area contributed by atoms with Crippen LogP contribution in [-0.4, -0.2) is 65.4 Å². The normalized spacial score (nSPS) is 22.7. The minimum Gasteiger partial charge on any atom is -0.338 e. The third kappa shape index (κ3) is 5.81. The van der Waals surface area contributed by atoms with Gasteiger partial charge in [-0.1, -0.05) is 76.6 Å². The minimum atomic E-state index is -0.224. The van der Waals surface area contributed by atoms with Crippen LogP contribution in [0.15, 0.2) is 89.4 Å². The van der Waals surface area contributed by atoms with E-state index in [1.807, 2.05) is 53.4 Å². The fraction of sp³-hybridized carbons (Fsp3) is 0.394. The third-order valence-electron chi connectivity index (χ3n) is 9.14. The van der Waals surface area contributed by atoms with Gasteiger partial charge in [0, 0.05) is 48.3 Å². The van der Waals surface area contributed by atoms with Crippen LogP contribution in [0.4, 0.5) is 10.5 Å². The molecule has 0 radical (unpaired) electrons. The first kappa shape index (κ1) is 27.0. The quantitative estimate of drug-likeness (QED) is 0.358. The largest absolute Gasteiger partial charge is 0.338 e. The second kappa shape index (κ2) is 11.8. The van der Waals surface area contributed by atoms with Gasteiger partial charge in [0.25, 0.3) is 0 Å². The summed E-state index contributed by atoms with van der Waals surface area (Å²) in [5.41, 5.74) is 3.07. The Bertz CT molecular complexity index is 1310. The lowest BCUT2D eigenvalue weighted by Crippen LogP contribution is -2.49. The first-order valence-corrected chi connectivity index (χ1v) is 15.2. The molecular weight excluding hydrogens is 564 g/mol. The topological polar surface area (TPSA) is 55.9 Å². The highest BCUT2D eigenvalue weighted by Gasteiger charge is 2.48. The fourth-order valence-electron chi connectivity index (χ4n) is 6.80. The number of hydrogen-bond acceptors (Lipinski definition) is 3. The molecule has 6 nitrogen and oxygen atoms in total. The highest BCUT2D eigenvalue weighted by Crippen LogP contribution is 2.42. The summed E-state index contributed by atoms with van der Waals surface area (Å²) in [7, 11) is 0. The van der Waals surface area contributed by atoms with Crippen molar-refractivity contribution in [3.63, 3.8) is 0 Å². The van der Waals surface area contributed by atoms with Crippen molar-refractivity contribution in [2.45, 2.75) is 44.2 Å². The van der Waals surface area contributed by atoms with Crippen molar-refractivity contribution in [2.75, 3.05) is 38.0 Å². The number of benzene rings is 3. The molecule has 3 aromatic carbocycles. The maximum atomic E-state index is 13.6. The molecule has 3 saturated heterocycles. The highest BCUT2D eigenvalue weighted by atomic mass is 79.9. The summed E-state index contributed by atoms with van der Waals surface area (Å²) in [4.78, 5) is 33.6. The molecule has 3 heterocycles. The van der Waals surface area contributed by atoms with Gasteiger partial charge in [-0.05, 0) is 74.2 Å². The highest BCUT2D eigenvalue weighted by molar-refractivity contribution is 9.10. The Hall–Kier alpha value is -3.16. The van der Waals surface area contributed by atoms with Gasteiger partial charge in [0.1, 0.15) is 0 Å². The van der Waals surface area contributed by atoms with Crippen molar-refractivity contribution in [3.05, 3.63) is 101 Å². The SMILES string of the molecule is O=C(Nc1ccccc1)N1CC(c2ccccc2)CC1CN1CCC2(CC1)CCN(Cc1ccc(Br)cc1)C2=O. The first-order chi connectivity index (χ1) is 19.5. The van der Waals surface area contributed by atoms with E-state index in [1.165, 1.54) is 11.1 Å². The van der Waals surface area contributed by atoms with E-state index in [4.69, 9.17) is 0 Å². The van der Waals surface area contributed by atoms with Crippen LogP contribution in [0.5, 0.6) is 0 Å². The van der Waals surface area contributed by atoms with Crippen LogP contribution >= 0.6 is 15.9 Å². The van der Waals surface area contributed by atoms with Gasteiger partial charge in [-0.25, -0.2) is 4.79 Å². The number of nitrogens with zero attached hydrogens (tertiary/aromatic N) is 3. The average Bonchev–Trinajstić information content (AvgIpc) is 3.54. The Morgan fingerprint density at radius 2 is 1.52 bits per heavy atom. The van der Waals surface area contributed by atoms with Gasteiger partial charge < -0.3 is 20.0 Å². The molecule has 208 valence electrons. The Labute approximate surface area is 245 Å². The molecule has 40 heavy (non-hydrogen) atoms. The van der Waals surface area contributed by atoms with Crippen molar-refractivity contribution in [2.24, 2.45) is 5.41 Å². The van der Waals surface area contributed by atoms with Gasteiger partial charge in [-0.3, -0.25) is 4.79 Å². The smallest absolute Gasteiger partial charge is 0.322 e. The van der Waals surface area contributed by atoms with Gasteiger partial charge >= 0.3 is 6.03 Å². The van der Waals surface area contributed by atoms with E-state index < -0.39 is 0 Å². The molecule has 3 aliphatic heterocycles. The van der Waals surface area contributed by atoms with Crippen molar-refractivity contribution < 1.29 is 9.59 Å². The van der Waals surface area contributed by atoms with Crippen LogP contribution in [0.3, 0.4) is 0 Å². The van der Waals surface area contributed by atoms with E-state index in [2.05, 4.69) is 67.4 Å². The molecule has 0 aromatic heterocycles. The molecular formula is C33H37BrN4O2. The Morgan fingerprint density at radius 3 is 2.23 bits per heavy atom. The lowest BCUT2D eigenvalue weighted by Gasteiger charge is -2.40. The molecule has 3 fully saturated rings. The number of urea groups is 1. The number of carbonyl (C=O) groups excluding carboxylic acids is 2. The molecule has 7 heteroatoms. The summed E-state index contributed by atoms with van der Waals surface area (Å²) in [5, 5.41) is 3.11. The number of nitrogens with one attached hydrogen (secondary N) is 1. The standard InChI is InChI=1S/C33H37BrN4O2/c34-28-13-11-25(12-14-28)22-37-20-17-33(31(37)39)15-18-36(19-16-33)24-30-21-27(26-7-3-1-4-8-26)23-38(30)32(40)35-29-9-5-2-6-10-29/h1-14,27,30H,15-24H2,(H,35,40). The molecule has 0 bridgehead atoms. The first-order valence-electron chi connectivity index (χ1n) is 14.4. The maximum Gasteiger partial charge on any atom is 0.322 e. The summed E-state index contributed by atoms with van der Waals surface area (Å²) in [6, 6.07) is 28.6. The number of para-hydroxylation sites is 1. The van der Waals surface area contributed by atoms with Crippen LogP contribution in [0.1, 0.15) is 42.7 Å². The van der Waals surface area contributed by atoms with Gasteiger partial charge in [-0.15, -0.1) is 0 Å². The van der Waals surface area contributed by atoms with Crippen LogP contribution < -0.4 is 5.32 Å². The van der Waals surface area contributed by atoms with E-state index >= 15 is 0 Å². The zero-order valence-corrected chi connectivity index (χ0v) is 24.4. The summed E-state index contributed by atoms with van der Waals surface area (Å²) < 4.78 is 1.06. The number of carbonyl (C=O) groups is 2. The van der Waals surface area contributed by atoms with E-state index in [9.17, 15) is 9.59 Å². The van der Waals surface area contributed by atoms with Gasteiger partial charge in [-0.2, -0.15) is 0 Å². The van der Waals surface area contributed by atoms with Crippen molar-refractivity contribution in [3.8, 4) is 0 Å². The molecule has 3 aliphatic rings. The van der Waals surface area contributed by atoms with Crippen LogP contribution in [0.25, 0.3) is 0 Å². The number of rotatable bonds is 6. The van der Waals surface area contributed by atoms with Gasteiger partial charge in [0.05, 0.1) is 5.41 Å². The lowest BCUT2D eigenvalue weighted by atomic mass is 9.77. The van der Waals surface area contributed by atoms with E-state index in [1.54, 1.807) is 0 Å². The third-order valence-corrected chi connectivity index (χ3v) is 9.67. The number of piperidine rings is 1. The lowest BCUT2D eigenvalue weighted by molar-refractivity contribution is -0.138. The summed E-state index contributed by atoms with van der Waals surface area (Å²) in [6.45, 7) is 4.89. The van der Waals surface area contributed by atoms with E-state index in [0.29, 0.717) is 24.9 Å². The van der Waals surface area contributed by atoms with Gasteiger partial charge in [0.15, 0.2) is 0 Å². The number of halogens is 1. The molecule has 1 spiro atoms. The van der Waals surface area contributed by atoms with Crippen LogP contribution in [-0.2, 0) is 11.3 Å².